The molecule has 1 saturated carbocycles. The SMILES string of the molecule is C=C(C)/C(=C(C)\C(C)=C/C)C1CCCCC1. The summed E-state index contributed by atoms with van der Waals surface area (Å²) in [5.74, 6) is 0.765. The molecular weight excluding hydrogens is 192 g/mol. The monoisotopic (exact) mass is 218 g/mol. The van der Waals surface area contributed by atoms with Crippen LogP contribution in [0.1, 0.15) is 59.8 Å². The van der Waals surface area contributed by atoms with Crippen LogP contribution in [-0.2, 0) is 0 Å². The van der Waals surface area contributed by atoms with Gasteiger partial charge in [-0.2, -0.15) is 0 Å². The summed E-state index contributed by atoms with van der Waals surface area (Å²) in [4.78, 5) is 0. The molecule has 0 spiro atoms. The van der Waals surface area contributed by atoms with Crippen LogP contribution in [0.5, 0.6) is 0 Å². The van der Waals surface area contributed by atoms with Gasteiger partial charge >= 0.3 is 0 Å². The van der Waals surface area contributed by atoms with Crippen LogP contribution in [0.3, 0.4) is 0 Å². The second kappa shape index (κ2) is 6.08. The van der Waals surface area contributed by atoms with Crippen LogP contribution in [0.15, 0.2) is 34.9 Å². The molecule has 0 amide bonds. The van der Waals surface area contributed by atoms with Crippen LogP contribution < -0.4 is 0 Å². The van der Waals surface area contributed by atoms with E-state index in [4.69, 9.17) is 0 Å². The lowest BCUT2D eigenvalue weighted by atomic mass is 9.78. The lowest BCUT2D eigenvalue weighted by molar-refractivity contribution is 0.404. The largest absolute Gasteiger partial charge is 0.0958 e. The second-order valence-corrected chi connectivity index (χ2v) is 5.13. The topological polar surface area (TPSA) is 0 Å². The average Bonchev–Trinajstić information content (AvgIpc) is 2.29. The number of hydrogen-bond donors (Lipinski definition) is 0. The first kappa shape index (κ1) is 13.3. The van der Waals surface area contributed by atoms with Gasteiger partial charge in [0.2, 0.25) is 0 Å². The molecule has 1 aliphatic rings. The highest BCUT2D eigenvalue weighted by Crippen LogP contribution is 2.36. The highest BCUT2D eigenvalue weighted by Gasteiger charge is 2.20. The molecule has 0 bridgehead atoms. The van der Waals surface area contributed by atoms with Gasteiger partial charge in [-0.05, 0) is 57.6 Å². The van der Waals surface area contributed by atoms with Crippen molar-refractivity contribution in [2.45, 2.75) is 59.8 Å². The van der Waals surface area contributed by atoms with E-state index in [0.717, 1.165) is 5.92 Å². The predicted octanol–water partition coefficient (Wildman–Crippen LogP) is 5.43. The van der Waals surface area contributed by atoms with Gasteiger partial charge in [-0.3, -0.25) is 0 Å². The molecule has 0 radical (unpaired) electrons. The van der Waals surface area contributed by atoms with Gasteiger partial charge in [0.1, 0.15) is 0 Å². The van der Waals surface area contributed by atoms with Crippen LogP contribution in [0.2, 0.25) is 0 Å². The first-order valence-electron chi connectivity index (χ1n) is 6.57. The second-order valence-electron chi connectivity index (χ2n) is 5.13. The van der Waals surface area contributed by atoms with Gasteiger partial charge in [-0.1, -0.05) is 43.1 Å². The Balaban J connectivity index is 3.02. The zero-order valence-corrected chi connectivity index (χ0v) is 11.4. The molecule has 0 aromatic carbocycles. The maximum Gasteiger partial charge on any atom is -0.0157 e. The van der Waals surface area contributed by atoms with Crippen LogP contribution >= 0.6 is 0 Å². The quantitative estimate of drug-likeness (QED) is 0.554. The molecule has 1 rings (SSSR count). The third-order valence-electron chi connectivity index (χ3n) is 3.90. The van der Waals surface area contributed by atoms with E-state index in [9.17, 15) is 0 Å². The van der Waals surface area contributed by atoms with E-state index in [2.05, 4.69) is 40.3 Å². The van der Waals surface area contributed by atoms with Crippen LogP contribution in [0.4, 0.5) is 0 Å². The van der Waals surface area contributed by atoms with E-state index in [-0.39, 0.29) is 0 Å². The molecule has 16 heavy (non-hydrogen) atoms. The van der Waals surface area contributed by atoms with E-state index >= 15 is 0 Å². The van der Waals surface area contributed by atoms with Gasteiger partial charge < -0.3 is 0 Å². The average molecular weight is 218 g/mol. The molecule has 1 fully saturated rings. The molecule has 0 saturated heterocycles. The van der Waals surface area contributed by atoms with Gasteiger partial charge in [0.25, 0.3) is 0 Å². The zero-order valence-electron chi connectivity index (χ0n) is 11.4. The lowest BCUT2D eigenvalue weighted by Crippen LogP contribution is -2.12. The fourth-order valence-electron chi connectivity index (χ4n) is 2.79. The van der Waals surface area contributed by atoms with Gasteiger partial charge in [0, 0.05) is 0 Å². The Morgan fingerprint density at radius 3 is 2.06 bits per heavy atom. The molecule has 0 atom stereocenters. The number of rotatable bonds is 3. The zero-order chi connectivity index (χ0) is 12.1. The summed E-state index contributed by atoms with van der Waals surface area (Å²) in [5, 5.41) is 0. The summed E-state index contributed by atoms with van der Waals surface area (Å²) in [5.41, 5.74) is 5.67. The molecule has 0 unspecified atom stereocenters. The van der Waals surface area contributed by atoms with Gasteiger partial charge in [0.15, 0.2) is 0 Å². The lowest BCUT2D eigenvalue weighted by Gasteiger charge is -2.27. The molecule has 90 valence electrons. The molecule has 1 aliphatic carbocycles. The van der Waals surface area contributed by atoms with Crippen molar-refractivity contribution in [2.75, 3.05) is 0 Å². The summed E-state index contributed by atoms with van der Waals surface area (Å²) in [7, 11) is 0. The van der Waals surface area contributed by atoms with E-state index in [1.807, 2.05) is 0 Å². The molecular formula is C16H26. The molecule has 0 aromatic rings. The van der Waals surface area contributed by atoms with Crippen molar-refractivity contribution in [1.82, 2.24) is 0 Å². The normalized spacial score (nSPS) is 20.6. The molecule has 0 heterocycles. The van der Waals surface area contributed by atoms with E-state index in [1.54, 1.807) is 0 Å². The maximum absolute atomic E-state index is 4.18. The van der Waals surface area contributed by atoms with Gasteiger partial charge in [0.05, 0.1) is 0 Å². The van der Waals surface area contributed by atoms with Crippen molar-refractivity contribution in [2.24, 2.45) is 5.92 Å². The summed E-state index contributed by atoms with van der Waals surface area (Å²) in [6.07, 6.45) is 9.13. The highest BCUT2D eigenvalue weighted by molar-refractivity contribution is 5.42. The van der Waals surface area contributed by atoms with Crippen LogP contribution in [0, 0.1) is 5.92 Å². The predicted molar refractivity (Wildman–Crippen MR) is 73.5 cm³/mol. The molecule has 0 aliphatic heterocycles. The number of allylic oxidation sites excluding steroid dienone is 5. The summed E-state index contributed by atoms with van der Waals surface area (Å²) < 4.78 is 0. The molecule has 0 aromatic heterocycles. The van der Waals surface area contributed by atoms with Crippen molar-refractivity contribution < 1.29 is 0 Å². The van der Waals surface area contributed by atoms with E-state index in [1.165, 1.54) is 54.4 Å². The van der Waals surface area contributed by atoms with Gasteiger partial charge in [-0.15, -0.1) is 0 Å². The van der Waals surface area contributed by atoms with Crippen molar-refractivity contribution >= 4 is 0 Å². The number of hydrogen-bond acceptors (Lipinski definition) is 0. The third-order valence-corrected chi connectivity index (χ3v) is 3.90. The fourth-order valence-corrected chi connectivity index (χ4v) is 2.79. The van der Waals surface area contributed by atoms with E-state index < -0.39 is 0 Å². The molecule has 0 N–H and O–H groups in total. The Morgan fingerprint density at radius 2 is 1.62 bits per heavy atom. The van der Waals surface area contributed by atoms with Gasteiger partial charge in [-0.25, -0.2) is 0 Å². The Hall–Kier alpha value is -0.780. The summed E-state index contributed by atoms with van der Waals surface area (Å²) >= 11 is 0. The maximum atomic E-state index is 4.18. The Labute approximate surface area is 101 Å². The third kappa shape index (κ3) is 3.10. The van der Waals surface area contributed by atoms with Crippen LogP contribution in [0.25, 0.3) is 0 Å². The van der Waals surface area contributed by atoms with E-state index in [0.29, 0.717) is 0 Å². The Kier molecular flexibility index (Phi) is 5.05. The minimum atomic E-state index is 0.765. The smallest absolute Gasteiger partial charge is 0.0157 e. The first-order chi connectivity index (χ1) is 7.57. The minimum absolute atomic E-state index is 0.765. The highest BCUT2D eigenvalue weighted by atomic mass is 14.2. The van der Waals surface area contributed by atoms with Crippen molar-refractivity contribution in [1.29, 1.82) is 0 Å². The standard InChI is InChI=1S/C16H26/c1-6-13(4)14(5)16(12(2)3)15-10-8-7-9-11-15/h6,15H,2,7-11H2,1,3-5H3/b13-6-,16-14+. The first-order valence-corrected chi connectivity index (χ1v) is 6.57. The molecule has 0 nitrogen and oxygen atoms in total. The fraction of sp³-hybridized carbons (Fsp3) is 0.625. The van der Waals surface area contributed by atoms with Crippen LogP contribution in [-0.4, -0.2) is 0 Å². The summed E-state index contributed by atoms with van der Waals surface area (Å²) in [6.45, 7) is 12.9. The van der Waals surface area contributed by atoms with Crippen molar-refractivity contribution in [3.63, 3.8) is 0 Å². The Bertz CT molecular complexity index is 309. The molecule has 0 heteroatoms. The van der Waals surface area contributed by atoms with Crippen molar-refractivity contribution in [3.8, 4) is 0 Å². The Morgan fingerprint density at radius 1 is 1.06 bits per heavy atom. The minimum Gasteiger partial charge on any atom is -0.0958 e. The van der Waals surface area contributed by atoms with Crippen molar-refractivity contribution in [3.05, 3.63) is 34.9 Å². The summed E-state index contributed by atoms with van der Waals surface area (Å²) in [6, 6.07) is 0.